The summed E-state index contributed by atoms with van der Waals surface area (Å²) >= 11 is 1.45. The smallest absolute Gasteiger partial charge is 0.325 e. The lowest BCUT2D eigenvalue weighted by Crippen LogP contribution is -2.28. The van der Waals surface area contributed by atoms with Crippen LogP contribution in [-0.2, 0) is 11.0 Å². The van der Waals surface area contributed by atoms with Gasteiger partial charge >= 0.3 is 6.18 Å². The fraction of sp³-hybridized carbons (Fsp3) is 0.238. The van der Waals surface area contributed by atoms with E-state index in [2.05, 4.69) is 20.4 Å². The molecule has 0 aliphatic heterocycles. The van der Waals surface area contributed by atoms with Gasteiger partial charge in [-0.2, -0.15) is 18.3 Å². The molecule has 0 atom stereocenters. The molecule has 1 amide bonds. The number of imidazole rings is 1. The van der Waals surface area contributed by atoms with E-state index in [9.17, 15) is 18.0 Å². The average Bonchev–Trinajstić information content (AvgIpc) is 3.35. The first-order valence-corrected chi connectivity index (χ1v) is 10.2. The molecule has 4 rings (SSSR count). The zero-order valence-corrected chi connectivity index (χ0v) is 17.7. The SMILES string of the molecule is CC(C)(C)C(=O)Nc1cc(-c2cn3nc(-c4nccs4)ccc3n2)ccc1C(F)(F)F. The Labute approximate surface area is 179 Å². The van der Waals surface area contributed by atoms with Crippen LogP contribution in [0.5, 0.6) is 0 Å². The highest BCUT2D eigenvalue weighted by Crippen LogP contribution is 2.37. The highest BCUT2D eigenvalue weighted by Gasteiger charge is 2.35. The number of rotatable bonds is 3. The number of nitrogens with zero attached hydrogens (tertiary/aromatic N) is 4. The van der Waals surface area contributed by atoms with Gasteiger partial charge in [0.15, 0.2) is 5.65 Å². The summed E-state index contributed by atoms with van der Waals surface area (Å²) in [5.41, 5.74) is -0.00653. The van der Waals surface area contributed by atoms with Gasteiger partial charge in [-0.05, 0) is 24.3 Å². The number of aromatic nitrogens is 4. The Kier molecular flexibility index (Phi) is 5.04. The van der Waals surface area contributed by atoms with E-state index in [0.717, 1.165) is 11.1 Å². The number of hydrogen-bond acceptors (Lipinski definition) is 5. The van der Waals surface area contributed by atoms with Gasteiger partial charge in [0.2, 0.25) is 5.91 Å². The van der Waals surface area contributed by atoms with Crippen molar-refractivity contribution in [3.8, 4) is 22.0 Å². The molecule has 0 unspecified atom stereocenters. The van der Waals surface area contributed by atoms with E-state index in [1.165, 1.54) is 23.5 Å². The molecule has 10 heteroatoms. The first-order valence-electron chi connectivity index (χ1n) is 9.32. The van der Waals surface area contributed by atoms with E-state index in [-0.39, 0.29) is 5.69 Å². The number of fused-ring (bicyclic) bond motifs is 1. The molecular weight excluding hydrogens is 427 g/mol. The topological polar surface area (TPSA) is 72.2 Å². The number of amides is 1. The molecule has 0 radical (unpaired) electrons. The van der Waals surface area contributed by atoms with Crippen molar-refractivity contribution in [1.29, 1.82) is 0 Å². The molecule has 0 saturated heterocycles. The predicted molar refractivity (Wildman–Crippen MR) is 113 cm³/mol. The van der Waals surface area contributed by atoms with E-state index in [4.69, 9.17) is 0 Å². The predicted octanol–water partition coefficient (Wildman–Crippen LogP) is 5.52. The van der Waals surface area contributed by atoms with Crippen LogP contribution in [0.4, 0.5) is 18.9 Å². The van der Waals surface area contributed by atoms with Crippen LogP contribution in [0.3, 0.4) is 0 Å². The number of anilines is 1. The maximum atomic E-state index is 13.5. The van der Waals surface area contributed by atoms with Crippen molar-refractivity contribution in [3.05, 3.63) is 53.7 Å². The summed E-state index contributed by atoms with van der Waals surface area (Å²) in [4.78, 5) is 21.0. The van der Waals surface area contributed by atoms with Gasteiger partial charge in [-0.3, -0.25) is 4.79 Å². The molecule has 160 valence electrons. The maximum absolute atomic E-state index is 13.5. The zero-order valence-electron chi connectivity index (χ0n) is 16.9. The zero-order chi connectivity index (χ0) is 22.4. The summed E-state index contributed by atoms with van der Waals surface area (Å²) < 4.78 is 42.0. The van der Waals surface area contributed by atoms with Crippen LogP contribution in [0, 0.1) is 5.41 Å². The molecule has 3 heterocycles. The number of thiazole rings is 1. The Morgan fingerprint density at radius 2 is 1.87 bits per heavy atom. The van der Waals surface area contributed by atoms with Crippen LogP contribution in [0.15, 0.2) is 48.1 Å². The molecule has 0 spiro atoms. The standard InChI is InChI=1S/C21H18F3N5OS/c1-20(2,3)19(30)27-15-10-12(4-5-13(15)21(22,23)24)16-11-29-17(26-16)7-6-14(28-29)18-25-8-9-31-18/h4-11H,1-3H3,(H,27,30). The van der Waals surface area contributed by atoms with Crippen LogP contribution in [0.1, 0.15) is 26.3 Å². The first kappa shape index (κ1) is 21.0. The third-order valence-electron chi connectivity index (χ3n) is 4.52. The summed E-state index contributed by atoms with van der Waals surface area (Å²) in [5.74, 6) is -0.514. The van der Waals surface area contributed by atoms with Crippen molar-refractivity contribution in [2.75, 3.05) is 5.32 Å². The van der Waals surface area contributed by atoms with Crippen LogP contribution < -0.4 is 5.32 Å². The lowest BCUT2D eigenvalue weighted by molar-refractivity contribution is -0.137. The molecule has 1 aromatic carbocycles. The minimum absolute atomic E-state index is 0.307. The third-order valence-corrected chi connectivity index (χ3v) is 5.32. The van der Waals surface area contributed by atoms with Gasteiger partial charge in [-0.15, -0.1) is 11.3 Å². The minimum Gasteiger partial charge on any atom is -0.325 e. The van der Waals surface area contributed by atoms with Gasteiger partial charge in [0, 0.05) is 22.6 Å². The van der Waals surface area contributed by atoms with Crippen molar-refractivity contribution in [2.45, 2.75) is 26.9 Å². The summed E-state index contributed by atoms with van der Waals surface area (Å²) in [6.07, 6.45) is -1.30. The largest absolute Gasteiger partial charge is 0.418 e. The summed E-state index contributed by atoms with van der Waals surface area (Å²) in [6.45, 7) is 4.90. The molecule has 1 N–H and O–H groups in total. The molecule has 0 aliphatic rings. The van der Waals surface area contributed by atoms with E-state index in [1.807, 2.05) is 5.38 Å². The number of carbonyl (C=O) groups excluding carboxylic acids is 1. The second kappa shape index (κ2) is 7.45. The fourth-order valence-corrected chi connectivity index (χ4v) is 3.45. The number of nitrogens with one attached hydrogen (secondary N) is 1. The average molecular weight is 445 g/mol. The van der Waals surface area contributed by atoms with Crippen molar-refractivity contribution in [3.63, 3.8) is 0 Å². The maximum Gasteiger partial charge on any atom is 0.418 e. The quantitative estimate of drug-likeness (QED) is 0.451. The first-order chi connectivity index (χ1) is 14.5. The van der Waals surface area contributed by atoms with E-state index in [1.54, 1.807) is 49.8 Å². The second-order valence-electron chi connectivity index (χ2n) is 7.95. The van der Waals surface area contributed by atoms with E-state index < -0.39 is 23.1 Å². The lowest BCUT2D eigenvalue weighted by Gasteiger charge is -2.20. The van der Waals surface area contributed by atoms with E-state index >= 15 is 0 Å². The van der Waals surface area contributed by atoms with Crippen molar-refractivity contribution in [2.24, 2.45) is 5.41 Å². The molecule has 0 aliphatic carbocycles. The van der Waals surface area contributed by atoms with E-state index in [0.29, 0.717) is 22.6 Å². The van der Waals surface area contributed by atoms with Crippen LogP contribution in [0.2, 0.25) is 0 Å². The highest BCUT2D eigenvalue weighted by molar-refractivity contribution is 7.13. The lowest BCUT2D eigenvalue weighted by atomic mass is 9.95. The Morgan fingerprint density at radius 1 is 1.10 bits per heavy atom. The molecule has 0 saturated carbocycles. The summed E-state index contributed by atoms with van der Waals surface area (Å²) in [5, 5.41) is 9.48. The third kappa shape index (κ3) is 4.29. The van der Waals surface area contributed by atoms with Gasteiger partial charge in [0.1, 0.15) is 10.7 Å². The highest BCUT2D eigenvalue weighted by atomic mass is 32.1. The van der Waals surface area contributed by atoms with Gasteiger partial charge in [0.25, 0.3) is 0 Å². The summed E-state index contributed by atoms with van der Waals surface area (Å²) in [7, 11) is 0. The molecule has 0 bridgehead atoms. The monoisotopic (exact) mass is 445 g/mol. The molecule has 4 aromatic rings. The van der Waals surface area contributed by atoms with Crippen LogP contribution in [0.25, 0.3) is 27.6 Å². The summed E-state index contributed by atoms with van der Waals surface area (Å²) in [6, 6.07) is 7.12. The Hall–Kier alpha value is -3.27. The molecular formula is C21H18F3N5OS. The molecule has 3 aromatic heterocycles. The van der Waals surface area contributed by atoms with Gasteiger partial charge in [-0.1, -0.05) is 26.8 Å². The number of halogens is 3. The number of carbonyl (C=O) groups is 1. The molecule has 0 fully saturated rings. The Morgan fingerprint density at radius 3 is 2.52 bits per heavy atom. The van der Waals surface area contributed by atoms with Crippen molar-refractivity contribution >= 4 is 28.6 Å². The van der Waals surface area contributed by atoms with Gasteiger partial charge in [0.05, 0.1) is 23.1 Å². The Balaban J connectivity index is 1.76. The van der Waals surface area contributed by atoms with Crippen molar-refractivity contribution in [1.82, 2.24) is 19.6 Å². The molecule has 31 heavy (non-hydrogen) atoms. The van der Waals surface area contributed by atoms with Gasteiger partial charge in [-0.25, -0.2) is 14.5 Å². The minimum atomic E-state index is -4.61. The fourth-order valence-electron chi connectivity index (χ4n) is 2.85. The van der Waals surface area contributed by atoms with Crippen molar-refractivity contribution < 1.29 is 18.0 Å². The number of benzene rings is 1. The number of alkyl halides is 3. The molecule has 6 nitrogen and oxygen atoms in total. The Bertz CT molecular complexity index is 1260. The second-order valence-corrected chi connectivity index (χ2v) is 8.84. The van der Waals surface area contributed by atoms with Crippen LogP contribution in [-0.4, -0.2) is 25.5 Å². The van der Waals surface area contributed by atoms with Gasteiger partial charge < -0.3 is 5.32 Å². The normalized spacial score (nSPS) is 12.3. The number of hydrogen-bond donors (Lipinski definition) is 1. The van der Waals surface area contributed by atoms with Crippen LogP contribution >= 0.6 is 11.3 Å².